The first kappa shape index (κ1) is 17.3. The molecule has 1 atom stereocenters. The van der Waals surface area contributed by atoms with E-state index in [9.17, 15) is 8.78 Å². The van der Waals surface area contributed by atoms with Gasteiger partial charge in [0.05, 0.1) is 12.7 Å². The van der Waals surface area contributed by atoms with E-state index in [0.717, 1.165) is 16.7 Å². The van der Waals surface area contributed by atoms with Crippen molar-refractivity contribution in [3.05, 3.63) is 107 Å². The number of halogens is 2. The largest absolute Gasteiger partial charge is 0.373 e. The van der Waals surface area contributed by atoms with Gasteiger partial charge in [-0.2, -0.15) is 0 Å². The molecule has 128 valence electrons. The van der Waals surface area contributed by atoms with Crippen LogP contribution in [-0.4, -0.2) is 6.10 Å². The van der Waals surface area contributed by atoms with Crippen LogP contribution in [0.4, 0.5) is 8.78 Å². The number of ether oxygens (including phenoxy) is 1. The van der Waals surface area contributed by atoms with Crippen molar-refractivity contribution in [2.75, 3.05) is 0 Å². The van der Waals surface area contributed by atoms with Gasteiger partial charge in [-0.3, -0.25) is 0 Å². The first-order valence-corrected chi connectivity index (χ1v) is 8.30. The van der Waals surface area contributed by atoms with Crippen LogP contribution in [-0.2, 0) is 11.3 Å². The smallest absolute Gasteiger partial charge is 0.123 e. The third kappa shape index (κ3) is 4.52. The quantitative estimate of drug-likeness (QED) is 0.560. The van der Waals surface area contributed by atoms with Crippen LogP contribution in [0, 0.1) is 11.6 Å². The Morgan fingerprint density at radius 3 is 1.68 bits per heavy atom. The van der Waals surface area contributed by atoms with E-state index < -0.39 is 0 Å². The molecule has 0 bridgehead atoms. The maximum absolute atomic E-state index is 13.3. The normalized spacial score (nSPS) is 12.3. The molecule has 0 saturated heterocycles. The summed E-state index contributed by atoms with van der Waals surface area (Å²) in [6, 6.07) is 22.7. The topological polar surface area (TPSA) is 9.23 Å². The predicted octanol–water partition coefficient (Wildman–Crippen LogP) is 5.70. The van der Waals surface area contributed by atoms with Crippen LogP contribution in [0.3, 0.4) is 0 Å². The van der Waals surface area contributed by atoms with Gasteiger partial charge in [-0.25, -0.2) is 8.78 Å². The van der Waals surface area contributed by atoms with Crippen molar-refractivity contribution in [2.24, 2.45) is 0 Å². The fourth-order valence-corrected chi connectivity index (χ4v) is 2.97. The van der Waals surface area contributed by atoms with Crippen molar-refractivity contribution in [3.63, 3.8) is 0 Å². The molecule has 3 aromatic carbocycles. The second kappa shape index (κ2) is 8.04. The highest BCUT2D eigenvalue weighted by Gasteiger charge is 2.22. The summed E-state index contributed by atoms with van der Waals surface area (Å²) in [6.07, 6.45) is -0.156. The summed E-state index contributed by atoms with van der Waals surface area (Å²) in [5, 5.41) is 0. The summed E-state index contributed by atoms with van der Waals surface area (Å²) >= 11 is 0. The summed E-state index contributed by atoms with van der Waals surface area (Å²) in [5.74, 6) is -0.663. The van der Waals surface area contributed by atoms with Crippen LogP contribution in [0.5, 0.6) is 0 Å². The van der Waals surface area contributed by atoms with E-state index in [1.165, 1.54) is 24.3 Å². The van der Waals surface area contributed by atoms with E-state index in [-0.39, 0.29) is 23.7 Å². The minimum atomic E-state index is -0.278. The van der Waals surface area contributed by atoms with Gasteiger partial charge in [0.2, 0.25) is 0 Å². The second-order valence-electron chi connectivity index (χ2n) is 6.08. The Morgan fingerprint density at radius 2 is 1.20 bits per heavy atom. The van der Waals surface area contributed by atoms with Crippen LogP contribution in [0.25, 0.3) is 0 Å². The molecule has 0 saturated carbocycles. The maximum atomic E-state index is 13.3. The predicted molar refractivity (Wildman–Crippen MR) is 95.3 cm³/mol. The molecule has 0 aromatic heterocycles. The standard InChI is InChI=1S/C22H20F2O/c1-16(25-15-17-5-3-2-4-6-17)22(18-7-11-20(23)12-8-18)19-9-13-21(24)14-10-19/h2-14,16,22H,15H2,1H3/t16-/m0/s1. The molecule has 0 radical (unpaired) electrons. The summed E-state index contributed by atoms with van der Waals surface area (Å²) < 4.78 is 32.7. The lowest BCUT2D eigenvalue weighted by Gasteiger charge is -2.25. The third-order valence-corrected chi connectivity index (χ3v) is 4.28. The minimum absolute atomic E-state index is 0.107. The molecule has 0 fully saturated rings. The zero-order chi connectivity index (χ0) is 17.6. The number of hydrogen-bond acceptors (Lipinski definition) is 1. The zero-order valence-corrected chi connectivity index (χ0v) is 14.0. The lowest BCUT2D eigenvalue weighted by molar-refractivity contribution is 0.0425. The summed E-state index contributed by atoms with van der Waals surface area (Å²) in [7, 11) is 0. The Hall–Kier alpha value is -2.52. The Balaban J connectivity index is 1.84. The maximum Gasteiger partial charge on any atom is 0.123 e. The third-order valence-electron chi connectivity index (χ3n) is 4.28. The van der Waals surface area contributed by atoms with Gasteiger partial charge in [0.1, 0.15) is 11.6 Å². The molecule has 3 rings (SSSR count). The molecule has 3 aromatic rings. The van der Waals surface area contributed by atoms with E-state index in [1.807, 2.05) is 37.3 Å². The van der Waals surface area contributed by atoms with Crippen molar-refractivity contribution in [1.29, 1.82) is 0 Å². The van der Waals surface area contributed by atoms with Gasteiger partial charge < -0.3 is 4.74 Å². The summed E-state index contributed by atoms with van der Waals surface area (Å²) in [6.45, 7) is 2.47. The van der Waals surface area contributed by atoms with E-state index in [4.69, 9.17) is 4.74 Å². The molecule has 25 heavy (non-hydrogen) atoms. The molecule has 0 spiro atoms. The highest BCUT2D eigenvalue weighted by molar-refractivity contribution is 5.34. The first-order chi connectivity index (χ1) is 12.1. The summed E-state index contributed by atoms with van der Waals surface area (Å²) in [5.41, 5.74) is 2.97. The van der Waals surface area contributed by atoms with E-state index in [2.05, 4.69) is 0 Å². The van der Waals surface area contributed by atoms with Crippen LogP contribution in [0.1, 0.15) is 29.5 Å². The molecule has 0 aliphatic carbocycles. The van der Waals surface area contributed by atoms with Gasteiger partial charge in [-0.05, 0) is 47.9 Å². The van der Waals surface area contributed by atoms with Crippen molar-refractivity contribution < 1.29 is 13.5 Å². The minimum Gasteiger partial charge on any atom is -0.373 e. The molecular formula is C22H20F2O. The molecule has 0 heterocycles. The first-order valence-electron chi connectivity index (χ1n) is 8.30. The number of rotatable bonds is 6. The van der Waals surface area contributed by atoms with Crippen LogP contribution in [0.15, 0.2) is 78.9 Å². The molecule has 0 amide bonds. The van der Waals surface area contributed by atoms with Gasteiger partial charge >= 0.3 is 0 Å². The van der Waals surface area contributed by atoms with Crippen LogP contribution in [0.2, 0.25) is 0 Å². The van der Waals surface area contributed by atoms with Gasteiger partial charge in [0.15, 0.2) is 0 Å². The second-order valence-corrected chi connectivity index (χ2v) is 6.08. The number of hydrogen-bond donors (Lipinski definition) is 0. The van der Waals surface area contributed by atoms with Gasteiger partial charge in [-0.1, -0.05) is 54.6 Å². The molecule has 0 N–H and O–H groups in total. The molecule has 0 aliphatic heterocycles. The van der Waals surface area contributed by atoms with Crippen molar-refractivity contribution in [1.82, 2.24) is 0 Å². The monoisotopic (exact) mass is 338 g/mol. The zero-order valence-electron chi connectivity index (χ0n) is 14.0. The molecule has 0 unspecified atom stereocenters. The SMILES string of the molecule is C[C@H](OCc1ccccc1)C(c1ccc(F)cc1)c1ccc(F)cc1. The Kier molecular flexibility index (Phi) is 5.56. The van der Waals surface area contributed by atoms with Crippen molar-refractivity contribution in [2.45, 2.75) is 25.6 Å². The lowest BCUT2D eigenvalue weighted by atomic mass is 9.87. The van der Waals surface area contributed by atoms with E-state index in [1.54, 1.807) is 24.3 Å². The van der Waals surface area contributed by atoms with Gasteiger partial charge in [0, 0.05) is 5.92 Å². The fourth-order valence-electron chi connectivity index (χ4n) is 2.97. The highest BCUT2D eigenvalue weighted by atomic mass is 19.1. The Labute approximate surface area is 146 Å². The van der Waals surface area contributed by atoms with Gasteiger partial charge in [0.25, 0.3) is 0 Å². The van der Waals surface area contributed by atoms with E-state index >= 15 is 0 Å². The van der Waals surface area contributed by atoms with Crippen LogP contribution >= 0.6 is 0 Å². The van der Waals surface area contributed by atoms with E-state index in [0.29, 0.717) is 6.61 Å². The molecule has 1 nitrogen and oxygen atoms in total. The lowest BCUT2D eigenvalue weighted by Crippen LogP contribution is -2.20. The van der Waals surface area contributed by atoms with Gasteiger partial charge in [-0.15, -0.1) is 0 Å². The van der Waals surface area contributed by atoms with Crippen molar-refractivity contribution in [3.8, 4) is 0 Å². The number of benzene rings is 3. The Morgan fingerprint density at radius 1 is 0.720 bits per heavy atom. The Bertz CT molecular complexity index is 737. The van der Waals surface area contributed by atoms with Crippen molar-refractivity contribution >= 4 is 0 Å². The fraction of sp³-hybridized carbons (Fsp3) is 0.182. The average molecular weight is 338 g/mol. The highest BCUT2D eigenvalue weighted by Crippen LogP contribution is 2.30. The molecular weight excluding hydrogens is 318 g/mol. The van der Waals surface area contributed by atoms with Crippen LogP contribution < -0.4 is 0 Å². The summed E-state index contributed by atoms with van der Waals surface area (Å²) in [4.78, 5) is 0. The average Bonchev–Trinajstić information content (AvgIpc) is 2.64. The molecule has 0 aliphatic rings. The molecule has 3 heteroatoms.